The van der Waals surface area contributed by atoms with Crippen LogP contribution in [0.5, 0.6) is 5.75 Å². The third-order valence-corrected chi connectivity index (χ3v) is 4.33. The summed E-state index contributed by atoms with van der Waals surface area (Å²) in [5, 5.41) is 2.69. The van der Waals surface area contributed by atoms with E-state index in [-0.39, 0.29) is 12.5 Å². The molecule has 0 aliphatic carbocycles. The van der Waals surface area contributed by atoms with Crippen LogP contribution in [0.15, 0.2) is 54.6 Å². The second-order valence-corrected chi connectivity index (χ2v) is 6.28. The number of esters is 1. The standard InChI is InChI=1S/C21H25NO4/c1-4-21(2,20(24)25-3)22-19(23)15-26-18-13-9-8-12-17(18)14-16-10-6-5-7-11-16/h5-13H,4,14-15H2,1-3H3,(H,22,23). The summed E-state index contributed by atoms with van der Waals surface area (Å²) in [7, 11) is 1.30. The Morgan fingerprint density at radius 1 is 1.04 bits per heavy atom. The molecule has 0 aliphatic rings. The summed E-state index contributed by atoms with van der Waals surface area (Å²) >= 11 is 0. The van der Waals surface area contributed by atoms with Gasteiger partial charge in [-0.3, -0.25) is 4.79 Å². The maximum Gasteiger partial charge on any atom is 0.331 e. The van der Waals surface area contributed by atoms with Crippen molar-refractivity contribution in [3.63, 3.8) is 0 Å². The fraction of sp³-hybridized carbons (Fsp3) is 0.333. The highest BCUT2D eigenvalue weighted by atomic mass is 16.5. The van der Waals surface area contributed by atoms with E-state index in [0.717, 1.165) is 11.1 Å². The minimum atomic E-state index is -1.06. The first-order chi connectivity index (χ1) is 12.5. The molecule has 2 aromatic rings. The SMILES string of the molecule is CCC(C)(NC(=O)COc1ccccc1Cc1ccccc1)C(=O)OC. The van der Waals surface area contributed by atoms with E-state index in [4.69, 9.17) is 9.47 Å². The number of methoxy groups -OCH3 is 1. The molecule has 0 aliphatic heterocycles. The highest BCUT2D eigenvalue weighted by Gasteiger charge is 2.34. The molecule has 5 nitrogen and oxygen atoms in total. The van der Waals surface area contributed by atoms with Crippen molar-refractivity contribution in [1.29, 1.82) is 0 Å². The number of benzene rings is 2. The van der Waals surface area contributed by atoms with Crippen LogP contribution in [0.4, 0.5) is 0 Å². The van der Waals surface area contributed by atoms with Gasteiger partial charge in [0.15, 0.2) is 6.61 Å². The molecule has 26 heavy (non-hydrogen) atoms. The minimum absolute atomic E-state index is 0.168. The van der Waals surface area contributed by atoms with Crippen molar-refractivity contribution in [3.05, 3.63) is 65.7 Å². The molecular weight excluding hydrogens is 330 g/mol. The molecular formula is C21H25NO4. The number of ether oxygens (including phenoxy) is 2. The molecule has 0 bridgehead atoms. The molecule has 1 amide bonds. The van der Waals surface area contributed by atoms with Crippen molar-refractivity contribution in [3.8, 4) is 5.75 Å². The van der Waals surface area contributed by atoms with Crippen molar-refractivity contribution in [1.82, 2.24) is 5.32 Å². The monoisotopic (exact) mass is 355 g/mol. The Labute approximate surface area is 154 Å². The van der Waals surface area contributed by atoms with Gasteiger partial charge in [0, 0.05) is 6.42 Å². The molecule has 2 rings (SSSR count). The summed E-state index contributed by atoms with van der Waals surface area (Å²) in [6.07, 6.45) is 1.14. The largest absolute Gasteiger partial charge is 0.483 e. The number of carbonyl (C=O) groups excluding carboxylic acids is 2. The highest BCUT2D eigenvalue weighted by Crippen LogP contribution is 2.21. The normalized spacial score (nSPS) is 12.7. The molecule has 0 heterocycles. The fourth-order valence-corrected chi connectivity index (χ4v) is 2.60. The predicted molar refractivity (Wildman–Crippen MR) is 100 cm³/mol. The van der Waals surface area contributed by atoms with Crippen molar-refractivity contribution in [2.45, 2.75) is 32.2 Å². The van der Waals surface area contributed by atoms with E-state index >= 15 is 0 Å². The third kappa shape index (κ3) is 5.09. The number of carbonyl (C=O) groups is 2. The summed E-state index contributed by atoms with van der Waals surface area (Å²) < 4.78 is 10.5. The van der Waals surface area contributed by atoms with Gasteiger partial charge in [0.25, 0.3) is 5.91 Å². The van der Waals surface area contributed by atoms with E-state index in [2.05, 4.69) is 5.32 Å². The first-order valence-corrected chi connectivity index (χ1v) is 8.62. The van der Waals surface area contributed by atoms with Crippen LogP contribution in [0.2, 0.25) is 0 Å². The second kappa shape index (κ2) is 9.04. The molecule has 0 radical (unpaired) electrons. The molecule has 0 saturated carbocycles. The number of para-hydroxylation sites is 1. The van der Waals surface area contributed by atoms with E-state index in [1.807, 2.05) is 61.5 Å². The number of hydrogen-bond acceptors (Lipinski definition) is 4. The van der Waals surface area contributed by atoms with Crippen molar-refractivity contribution in [2.24, 2.45) is 0 Å². The van der Waals surface area contributed by atoms with E-state index in [9.17, 15) is 9.59 Å². The van der Waals surface area contributed by atoms with Gasteiger partial charge in [-0.2, -0.15) is 0 Å². The van der Waals surface area contributed by atoms with Gasteiger partial charge in [0.2, 0.25) is 0 Å². The molecule has 1 atom stereocenters. The predicted octanol–water partition coefficient (Wildman–Crippen LogP) is 3.11. The lowest BCUT2D eigenvalue weighted by atomic mass is 9.99. The zero-order chi connectivity index (χ0) is 19.0. The lowest BCUT2D eigenvalue weighted by Gasteiger charge is -2.26. The van der Waals surface area contributed by atoms with Crippen LogP contribution in [0.25, 0.3) is 0 Å². The van der Waals surface area contributed by atoms with Crippen molar-refractivity contribution < 1.29 is 19.1 Å². The molecule has 0 saturated heterocycles. The number of nitrogens with one attached hydrogen (secondary N) is 1. The zero-order valence-electron chi connectivity index (χ0n) is 15.5. The van der Waals surface area contributed by atoms with E-state index in [1.54, 1.807) is 6.92 Å². The van der Waals surface area contributed by atoms with Crippen molar-refractivity contribution in [2.75, 3.05) is 13.7 Å². The molecule has 1 unspecified atom stereocenters. The van der Waals surface area contributed by atoms with Gasteiger partial charge in [-0.05, 0) is 30.5 Å². The van der Waals surface area contributed by atoms with Gasteiger partial charge < -0.3 is 14.8 Å². The van der Waals surface area contributed by atoms with Gasteiger partial charge in [-0.1, -0.05) is 55.5 Å². The van der Waals surface area contributed by atoms with Gasteiger partial charge in [0.1, 0.15) is 11.3 Å². The van der Waals surface area contributed by atoms with Crippen LogP contribution in [-0.2, 0) is 20.7 Å². The Morgan fingerprint density at radius 2 is 1.69 bits per heavy atom. The Hall–Kier alpha value is -2.82. The smallest absolute Gasteiger partial charge is 0.331 e. The maximum atomic E-state index is 12.2. The Bertz CT molecular complexity index is 745. The van der Waals surface area contributed by atoms with E-state index in [0.29, 0.717) is 18.6 Å². The molecule has 1 N–H and O–H groups in total. The average Bonchev–Trinajstić information content (AvgIpc) is 2.67. The Kier molecular flexibility index (Phi) is 6.78. The molecule has 5 heteroatoms. The second-order valence-electron chi connectivity index (χ2n) is 6.28. The minimum Gasteiger partial charge on any atom is -0.483 e. The average molecular weight is 355 g/mol. The summed E-state index contributed by atoms with van der Waals surface area (Å²) in [5.41, 5.74) is 1.11. The highest BCUT2D eigenvalue weighted by molar-refractivity contribution is 5.88. The topological polar surface area (TPSA) is 64.6 Å². The summed E-state index contributed by atoms with van der Waals surface area (Å²) in [4.78, 5) is 24.1. The van der Waals surface area contributed by atoms with Crippen LogP contribution in [-0.4, -0.2) is 31.1 Å². The Morgan fingerprint density at radius 3 is 2.35 bits per heavy atom. The summed E-state index contributed by atoms with van der Waals surface area (Å²) in [6.45, 7) is 3.28. The first kappa shape index (κ1) is 19.5. The molecule has 138 valence electrons. The van der Waals surface area contributed by atoms with Crippen LogP contribution in [0, 0.1) is 0 Å². The van der Waals surface area contributed by atoms with E-state index < -0.39 is 11.5 Å². The van der Waals surface area contributed by atoms with Gasteiger partial charge in [0.05, 0.1) is 7.11 Å². The quantitative estimate of drug-likeness (QED) is 0.739. The number of hydrogen-bond donors (Lipinski definition) is 1. The molecule has 0 fully saturated rings. The third-order valence-electron chi connectivity index (χ3n) is 4.33. The molecule has 0 spiro atoms. The number of amides is 1. The molecule has 0 aromatic heterocycles. The summed E-state index contributed by atoms with van der Waals surface area (Å²) in [5.74, 6) is -0.185. The van der Waals surface area contributed by atoms with Crippen LogP contribution in [0.1, 0.15) is 31.4 Å². The fourth-order valence-electron chi connectivity index (χ4n) is 2.60. The van der Waals surface area contributed by atoms with E-state index in [1.165, 1.54) is 7.11 Å². The first-order valence-electron chi connectivity index (χ1n) is 8.62. The van der Waals surface area contributed by atoms with Gasteiger partial charge in [-0.15, -0.1) is 0 Å². The maximum absolute atomic E-state index is 12.2. The zero-order valence-corrected chi connectivity index (χ0v) is 15.5. The summed E-state index contributed by atoms with van der Waals surface area (Å²) in [6, 6.07) is 17.7. The lowest BCUT2D eigenvalue weighted by molar-refractivity contribution is -0.150. The van der Waals surface area contributed by atoms with Crippen LogP contribution < -0.4 is 10.1 Å². The van der Waals surface area contributed by atoms with Crippen molar-refractivity contribution >= 4 is 11.9 Å². The van der Waals surface area contributed by atoms with Gasteiger partial charge >= 0.3 is 5.97 Å². The lowest BCUT2D eigenvalue weighted by Crippen LogP contribution is -2.53. The van der Waals surface area contributed by atoms with Crippen LogP contribution in [0.3, 0.4) is 0 Å². The molecule has 2 aromatic carbocycles. The Balaban J connectivity index is 2.01. The number of rotatable bonds is 8. The van der Waals surface area contributed by atoms with Crippen LogP contribution >= 0.6 is 0 Å². The van der Waals surface area contributed by atoms with Gasteiger partial charge in [-0.25, -0.2) is 4.79 Å².